The van der Waals surface area contributed by atoms with E-state index in [9.17, 15) is 4.79 Å². The number of ether oxygens (including phenoxy) is 1. The van der Waals surface area contributed by atoms with Gasteiger partial charge in [-0.25, -0.2) is 0 Å². The van der Waals surface area contributed by atoms with Gasteiger partial charge < -0.3 is 20.7 Å². The molecule has 1 amide bonds. The molecular weight excluding hydrogens is 384 g/mol. The van der Waals surface area contributed by atoms with E-state index in [2.05, 4.69) is 36.9 Å². The lowest BCUT2D eigenvalue weighted by Crippen LogP contribution is -2.38. The van der Waals surface area contributed by atoms with Gasteiger partial charge >= 0.3 is 0 Å². The molecule has 0 aliphatic carbocycles. The summed E-state index contributed by atoms with van der Waals surface area (Å²) in [7, 11) is 0. The molecule has 0 heterocycles. The number of carbonyl (C=O) groups is 1. The maximum Gasteiger partial charge on any atom is 0.251 e. The van der Waals surface area contributed by atoms with Crippen molar-refractivity contribution < 1.29 is 9.53 Å². The normalized spacial score (nSPS) is 11.2. The Labute approximate surface area is 158 Å². The highest BCUT2D eigenvalue weighted by Crippen LogP contribution is 2.10. The number of guanidine groups is 1. The van der Waals surface area contributed by atoms with E-state index in [4.69, 9.17) is 4.74 Å². The molecule has 140 valence electrons. The second-order valence-corrected chi connectivity index (χ2v) is 6.27. The number of benzene rings is 1. The van der Waals surface area contributed by atoms with Gasteiger partial charge in [-0.15, -0.1) is 0 Å². The molecule has 0 aromatic heterocycles. The summed E-state index contributed by atoms with van der Waals surface area (Å²) in [5, 5.41) is 9.40. The average molecular weight is 413 g/mol. The van der Waals surface area contributed by atoms with Gasteiger partial charge in [-0.1, -0.05) is 15.9 Å². The molecule has 1 aromatic carbocycles. The molecular formula is C18H29BrN4O2. The standard InChI is InChI=1S/C18H29BrN4O2/c1-3-20-18(23-13-6-14-25-4-2)22-12-5-11-21-17(24)15-7-9-16(19)10-8-15/h7-10H,3-6,11-14H2,1-2H3,(H,21,24)(H2,20,22,23). The minimum absolute atomic E-state index is 0.0579. The van der Waals surface area contributed by atoms with Gasteiger partial charge in [0.15, 0.2) is 5.96 Å². The van der Waals surface area contributed by atoms with Crippen LogP contribution in [0.15, 0.2) is 33.7 Å². The highest BCUT2D eigenvalue weighted by atomic mass is 79.9. The second-order valence-electron chi connectivity index (χ2n) is 5.35. The Morgan fingerprint density at radius 2 is 1.80 bits per heavy atom. The maximum atomic E-state index is 12.0. The number of carbonyl (C=O) groups excluding carboxylic acids is 1. The average Bonchev–Trinajstić information content (AvgIpc) is 2.61. The third-order valence-corrected chi connectivity index (χ3v) is 3.83. The van der Waals surface area contributed by atoms with Crippen molar-refractivity contribution in [1.29, 1.82) is 0 Å². The van der Waals surface area contributed by atoms with Crippen molar-refractivity contribution in [2.75, 3.05) is 39.4 Å². The van der Waals surface area contributed by atoms with Crippen molar-refractivity contribution in [3.63, 3.8) is 0 Å². The van der Waals surface area contributed by atoms with Gasteiger partial charge in [-0.05, 0) is 51.0 Å². The number of nitrogens with zero attached hydrogens (tertiary/aromatic N) is 1. The molecule has 1 rings (SSSR count). The van der Waals surface area contributed by atoms with Crippen LogP contribution in [0.3, 0.4) is 0 Å². The first-order valence-corrected chi connectivity index (χ1v) is 9.60. The summed E-state index contributed by atoms with van der Waals surface area (Å²) in [5.41, 5.74) is 0.663. The summed E-state index contributed by atoms with van der Waals surface area (Å²) in [6.45, 7) is 8.43. The summed E-state index contributed by atoms with van der Waals surface area (Å²) in [6.07, 6.45) is 1.74. The number of nitrogens with one attached hydrogen (secondary N) is 3. The molecule has 0 spiro atoms. The summed E-state index contributed by atoms with van der Waals surface area (Å²) in [6, 6.07) is 7.32. The topological polar surface area (TPSA) is 74.8 Å². The van der Waals surface area contributed by atoms with Crippen LogP contribution in [-0.4, -0.2) is 51.3 Å². The zero-order valence-electron chi connectivity index (χ0n) is 15.1. The summed E-state index contributed by atoms with van der Waals surface area (Å²) < 4.78 is 6.27. The second kappa shape index (κ2) is 13.7. The number of hydrogen-bond donors (Lipinski definition) is 3. The molecule has 0 radical (unpaired) electrons. The van der Waals surface area contributed by atoms with Crippen LogP contribution < -0.4 is 16.0 Å². The van der Waals surface area contributed by atoms with E-state index >= 15 is 0 Å². The highest BCUT2D eigenvalue weighted by Gasteiger charge is 2.03. The molecule has 0 fully saturated rings. The third-order valence-electron chi connectivity index (χ3n) is 3.30. The summed E-state index contributed by atoms with van der Waals surface area (Å²) >= 11 is 3.36. The number of rotatable bonds is 11. The van der Waals surface area contributed by atoms with Crippen LogP contribution in [0, 0.1) is 0 Å². The van der Waals surface area contributed by atoms with Crippen molar-refractivity contribution in [2.24, 2.45) is 4.99 Å². The van der Waals surface area contributed by atoms with Gasteiger partial charge in [0.2, 0.25) is 0 Å². The zero-order valence-corrected chi connectivity index (χ0v) is 16.7. The smallest absolute Gasteiger partial charge is 0.251 e. The lowest BCUT2D eigenvalue weighted by molar-refractivity contribution is 0.0953. The van der Waals surface area contributed by atoms with E-state index in [0.29, 0.717) is 18.7 Å². The fourth-order valence-electron chi connectivity index (χ4n) is 2.04. The number of halogens is 1. The lowest BCUT2D eigenvalue weighted by atomic mass is 10.2. The first-order valence-electron chi connectivity index (χ1n) is 8.81. The molecule has 25 heavy (non-hydrogen) atoms. The Morgan fingerprint density at radius 3 is 2.48 bits per heavy atom. The van der Waals surface area contributed by atoms with Gasteiger partial charge in [-0.2, -0.15) is 0 Å². The van der Waals surface area contributed by atoms with Gasteiger partial charge in [0.05, 0.1) is 0 Å². The van der Waals surface area contributed by atoms with Gasteiger partial charge in [0, 0.05) is 49.4 Å². The fraction of sp³-hybridized carbons (Fsp3) is 0.556. The van der Waals surface area contributed by atoms with Gasteiger partial charge in [0.25, 0.3) is 5.91 Å². The van der Waals surface area contributed by atoms with E-state index in [0.717, 1.165) is 49.6 Å². The number of hydrogen-bond acceptors (Lipinski definition) is 3. The quantitative estimate of drug-likeness (QED) is 0.296. The van der Waals surface area contributed by atoms with E-state index < -0.39 is 0 Å². The van der Waals surface area contributed by atoms with Crippen molar-refractivity contribution in [3.8, 4) is 0 Å². The predicted octanol–water partition coefficient (Wildman–Crippen LogP) is 2.55. The Morgan fingerprint density at radius 1 is 1.08 bits per heavy atom. The zero-order chi connectivity index (χ0) is 18.3. The number of aliphatic imine (C=N–C) groups is 1. The predicted molar refractivity (Wildman–Crippen MR) is 106 cm³/mol. The monoisotopic (exact) mass is 412 g/mol. The first kappa shape index (κ1) is 21.4. The van der Waals surface area contributed by atoms with Crippen molar-refractivity contribution in [3.05, 3.63) is 34.3 Å². The van der Waals surface area contributed by atoms with Crippen LogP contribution in [0.4, 0.5) is 0 Å². The molecule has 0 aliphatic heterocycles. The number of amides is 1. The molecule has 0 aliphatic rings. The molecule has 7 heteroatoms. The van der Waals surface area contributed by atoms with Crippen molar-refractivity contribution in [1.82, 2.24) is 16.0 Å². The van der Waals surface area contributed by atoms with Gasteiger partial charge in [-0.3, -0.25) is 9.79 Å². The molecule has 6 nitrogen and oxygen atoms in total. The Bertz CT molecular complexity index is 520. The molecule has 0 unspecified atom stereocenters. The molecule has 0 atom stereocenters. The molecule has 0 saturated heterocycles. The molecule has 1 aromatic rings. The molecule has 3 N–H and O–H groups in total. The Hall–Kier alpha value is -1.60. The third kappa shape index (κ3) is 10.1. The fourth-order valence-corrected chi connectivity index (χ4v) is 2.31. The first-order chi connectivity index (χ1) is 12.2. The van der Waals surface area contributed by atoms with E-state index in [1.165, 1.54) is 0 Å². The van der Waals surface area contributed by atoms with Crippen LogP contribution in [0.1, 0.15) is 37.0 Å². The van der Waals surface area contributed by atoms with Gasteiger partial charge in [0.1, 0.15) is 0 Å². The maximum absolute atomic E-state index is 12.0. The molecule has 0 bridgehead atoms. The van der Waals surface area contributed by atoms with Crippen molar-refractivity contribution >= 4 is 27.8 Å². The Balaban J connectivity index is 2.23. The molecule has 0 saturated carbocycles. The summed E-state index contributed by atoms with van der Waals surface area (Å²) in [4.78, 5) is 16.5. The summed E-state index contributed by atoms with van der Waals surface area (Å²) in [5.74, 6) is 0.746. The van der Waals surface area contributed by atoms with E-state index in [1.54, 1.807) is 12.1 Å². The van der Waals surface area contributed by atoms with Crippen LogP contribution in [-0.2, 0) is 4.74 Å². The van der Waals surface area contributed by atoms with Crippen LogP contribution in [0.2, 0.25) is 0 Å². The van der Waals surface area contributed by atoms with Crippen LogP contribution >= 0.6 is 15.9 Å². The van der Waals surface area contributed by atoms with E-state index in [1.807, 2.05) is 26.0 Å². The SMILES string of the molecule is CCNC(=NCCCNC(=O)c1ccc(Br)cc1)NCCCOCC. The van der Waals surface area contributed by atoms with E-state index in [-0.39, 0.29) is 5.91 Å². The Kier molecular flexibility index (Phi) is 11.7. The minimum Gasteiger partial charge on any atom is -0.382 e. The highest BCUT2D eigenvalue weighted by molar-refractivity contribution is 9.10. The van der Waals surface area contributed by atoms with Crippen LogP contribution in [0.25, 0.3) is 0 Å². The largest absolute Gasteiger partial charge is 0.382 e. The minimum atomic E-state index is -0.0579. The lowest BCUT2D eigenvalue weighted by Gasteiger charge is -2.11. The van der Waals surface area contributed by atoms with Crippen molar-refractivity contribution in [2.45, 2.75) is 26.7 Å². The van der Waals surface area contributed by atoms with Crippen LogP contribution in [0.5, 0.6) is 0 Å².